The first-order valence-electron chi connectivity index (χ1n) is 4.30. The highest BCUT2D eigenvalue weighted by Crippen LogP contribution is 2.12. The highest BCUT2D eigenvalue weighted by atomic mass is 32.2. The van der Waals surface area contributed by atoms with Gasteiger partial charge in [-0.3, -0.25) is 4.84 Å². The second kappa shape index (κ2) is 4.21. The van der Waals surface area contributed by atoms with E-state index in [0.29, 0.717) is 18.7 Å². The van der Waals surface area contributed by atoms with Crippen LogP contribution in [-0.4, -0.2) is 31.8 Å². The van der Waals surface area contributed by atoms with Gasteiger partial charge in [-0.2, -0.15) is 0 Å². The Bertz CT molecular complexity index is 278. The Kier molecular flexibility index (Phi) is 3.47. The molecule has 1 rings (SSSR count). The van der Waals surface area contributed by atoms with E-state index in [-0.39, 0.29) is 5.75 Å². The molecule has 13 heavy (non-hydrogen) atoms. The van der Waals surface area contributed by atoms with Gasteiger partial charge in [-0.05, 0) is 19.8 Å². The quantitative estimate of drug-likeness (QED) is 0.644. The summed E-state index contributed by atoms with van der Waals surface area (Å²) in [6.45, 7) is 6.23. The molecular formula is C8H15NO3S. The van der Waals surface area contributed by atoms with E-state index in [2.05, 4.69) is 6.58 Å². The maximum atomic E-state index is 11.5. The summed E-state index contributed by atoms with van der Waals surface area (Å²) < 4.78 is 24.2. The molecule has 0 unspecified atom stereocenters. The maximum absolute atomic E-state index is 11.5. The lowest BCUT2D eigenvalue weighted by molar-refractivity contribution is -0.108. The number of rotatable bonds is 3. The van der Waals surface area contributed by atoms with Crippen LogP contribution in [0.2, 0.25) is 0 Å². The number of hydrogen-bond acceptors (Lipinski definition) is 3. The van der Waals surface area contributed by atoms with Gasteiger partial charge in [0.1, 0.15) is 0 Å². The van der Waals surface area contributed by atoms with Crippen LogP contribution in [0.1, 0.15) is 19.8 Å². The second-order valence-electron chi connectivity index (χ2n) is 3.28. The Morgan fingerprint density at radius 1 is 1.54 bits per heavy atom. The monoisotopic (exact) mass is 205 g/mol. The van der Waals surface area contributed by atoms with Crippen molar-refractivity contribution < 1.29 is 13.3 Å². The molecule has 0 bridgehead atoms. The van der Waals surface area contributed by atoms with E-state index in [1.54, 1.807) is 6.92 Å². The molecule has 4 nitrogen and oxygen atoms in total. The van der Waals surface area contributed by atoms with Crippen molar-refractivity contribution in [2.45, 2.75) is 19.8 Å². The van der Waals surface area contributed by atoms with Gasteiger partial charge in [-0.15, -0.1) is 0 Å². The van der Waals surface area contributed by atoms with Crippen LogP contribution in [0.4, 0.5) is 0 Å². The van der Waals surface area contributed by atoms with Crippen LogP contribution in [0.5, 0.6) is 0 Å². The van der Waals surface area contributed by atoms with Crippen molar-refractivity contribution in [2.75, 3.05) is 18.9 Å². The summed E-state index contributed by atoms with van der Waals surface area (Å²) in [5.74, 6) is -0.0208. The number of nitrogens with zero attached hydrogens (tertiary/aromatic N) is 1. The molecule has 1 fully saturated rings. The van der Waals surface area contributed by atoms with Crippen LogP contribution < -0.4 is 0 Å². The van der Waals surface area contributed by atoms with Gasteiger partial charge >= 0.3 is 0 Å². The largest absolute Gasteiger partial charge is 0.284 e. The van der Waals surface area contributed by atoms with Crippen LogP contribution in [0.3, 0.4) is 0 Å². The number of hydroxylamine groups is 1. The zero-order chi connectivity index (χ0) is 9.90. The van der Waals surface area contributed by atoms with E-state index in [9.17, 15) is 8.42 Å². The van der Waals surface area contributed by atoms with Crippen molar-refractivity contribution in [3.8, 4) is 0 Å². The van der Waals surface area contributed by atoms with Gasteiger partial charge < -0.3 is 0 Å². The SMILES string of the molecule is C=C(C)CS(=O)(=O)N1CCCCO1. The van der Waals surface area contributed by atoms with E-state index in [1.807, 2.05) is 0 Å². The molecule has 0 spiro atoms. The van der Waals surface area contributed by atoms with Crippen LogP contribution in [0.25, 0.3) is 0 Å². The van der Waals surface area contributed by atoms with Gasteiger partial charge in [0.2, 0.25) is 10.0 Å². The molecule has 0 amide bonds. The van der Waals surface area contributed by atoms with Crippen molar-refractivity contribution in [2.24, 2.45) is 0 Å². The van der Waals surface area contributed by atoms with E-state index in [4.69, 9.17) is 4.84 Å². The Morgan fingerprint density at radius 3 is 2.69 bits per heavy atom. The van der Waals surface area contributed by atoms with Gasteiger partial charge in [0.15, 0.2) is 0 Å². The Balaban J connectivity index is 2.62. The molecule has 1 aliphatic heterocycles. The summed E-state index contributed by atoms with van der Waals surface area (Å²) in [6, 6.07) is 0. The molecule has 1 heterocycles. The van der Waals surface area contributed by atoms with Crippen molar-refractivity contribution in [3.63, 3.8) is 0 Å². The molecule has 0 saturated carbocycles. The first-order chi connectivity index (χ1) is 6.02. The average Bonchev–Trinajstić information content (AvgIpc) is 2.04. The zero-order valence-corrected chi connectivity index (χ0v) is 8.64. The lowest BCUT2D eigenvalue weighted by Gasteiger charge is -2.25. The summed E-state index contributed by atoms with van der Waals surface area (Å²) in [7, 11) is -3.27. The second-order valence-corrected chi connectivity index (χ2v) is 5.14. The van der Waals surface area contributed by atoms with Gasteiger partial charge in [-0.25, -0.2) is 8.42 Å². The van der Waals surface area contributed by atoms with Crippen molar-refractivity contribution in [3.05, 3.63) is 12.2 Å². The smallest absolute Gasteiger partial charge is 0.239 e. The third-order valence-electron chi connectivity index (χ3n) is 1.71. The first kappa shape index (κ1) is 10.7. The van der Waals surface area contributed by atoms with Crippen LogP contribution in [-0.2, 0) is 14.9 Å². The number of sulfonamides is 1. The lowest BCUT2D eigenvalue weighted by Crippen LogP contribution is -2.37. The predicted molar refractivity (Wildman–Crippen MR) is 50.5 cm³/mol. The molecule has 0 aromatic rings. The third-order valence-corrected chi connectivity index (χ3v) is 3.48. The molecule has 1 aliphatic rings. The van der Waals surface area contributed by atoms with Gasteiger partial charge in [0, 0.05) is 6.54 Å². The fourth-order valence-electron chi connectivity index (χ4n) is 1.18. The Labute approximate surface area is 79.2 Å². The highest BCUT2D eigenvalue weighted by molar-refractivity contribution is 7.89. The van der Waals surface area contributed by atoms with Crippen molar-refractivity contribution in [1.82, 2.24) is 4.47 Å². The Hall–Kier alpha value is -0.390. The minimum atomic E-state index is -3.27. The minimum absolute atomic E-state index is 0.0208. The predicted octanol–water partition coefficient (Wildman–Crippen LogP) is 0.920. The molecule has 0 atom stereocenters. The van der Waals surface area contributed by atoms with Crippen LogP contribution in [0, 0.1) is 0 Å². The fraction of sp³-hybridized carbons (Fsp3) is 0.750. The minimum Gasteiger partial charge on any atom is -0.284 e. The zero-order valence-electron chi connectivity index (χ0n) is 7.82. The fourth-order valence-corrected chi connectivity index (χ4v) is 2.59. The van der Waals surface area contributed by atoms with Crippen LogP contribution in [0.15, 0.2) is 12.2 Å². The van der Waals surface area contributed by atoms with Gasteiger partial charge in [0.25, 0.3) is 0 Å². The van der Waals surface area contributed by atoms with E-state index < -0.39 is 10.0 Å². The summed E-state index contributed by atoms with van der Waals surface area (Å²) in [5, 5.41) is 0. The molecule has 1 saturated heterocycles. The van der Waals surface area contributed by atoms with E-state index in [0.717, 1.165) is 17.3 Å². The standard InChI is InChI=1S/C8H15NO3S/c1-8(2)7-13(10,11)9-5-3-4-6-12-9/h1,3-7H2,2H3. The number of hydrogen-bond donors (Lipinski definition) is 0. The summed E-state index contributed by atoms with van der Waals surface area (Å²) in [6.07, 6.45) is 1.80. The molecule has 76 valence electrons. The molecular weight excluding hydrogens is 190 g/mol. The van der Waals surface area contributed by atoms with E-state index in [1.165, 1.54) is 0 Å². The first-order valence-corrected chi connectivity index (χ1v) is 5.91. The normalized spacial score (nSPS) is 20.1. The molecule has 0 radical (unpaired) electrons. The average molecular weight is 205 g/mol. The summed E-state index contributed by atoms with van der Waals surface area (Å²) in [5.41, 5.74) is 0.633. The highest BCUT2D eigenvalue weighted by Gasteiger charge is 2.24. The van der Waals surface area contributed by atoms with Crippen molar-refractivity contribution >= 4 is 10.0 Å². The maximum Gasteiger partial charge on any atom is 0.239 e. The lowest BCUT2D eigenvalue weighted by atomic mass is 10.3. The van der Waals surface area contributed by atoms with E-state index >= 15 is 0 Å². The molecule has 0 N–H and O–H groups in total. The topological polar surface area (TPSA) is 46.6 Å². The third kappa shape index (κ3) is 3.10. The summed E-state index contributed by atoms with van der Waals surface area (Å²) in [4.78, 5) is 5.05. The van der Waals surface area contributed by atoms with Gasteiger partial charge in [-0.1, -0.05) is 16.6 Å². The molecule has 5 heteroatoms. The summed E-state index contributed by atoms with van der Waals surface area (Å²) >= 11 is 0. The van der Waals surface area contributed by atoms with Crippen molar-refractivity contribution in [1.29, 1.82) is 0 Å². The Morgan fingerprint density at radius 2 is 2.23 bits per heavy atom. The molecule has 0 aromatic heterocycles. The van der Waals surface area contributed by atoms with Crippen LogP contribution >= 0.6 is 0 Å². The molecule has 0 aliphatic carbocycles. The van der Waals surface area contributed by atoms with Gasteiger partial charge in [0.05, 0.1) is 12.4 Å². The molecule has 0 aromatic carbocycles.